The maximum atomic E-state index is 12.8. The van der Waals surface area contributed by atoms with Gasteiger partial charge in [-0.3, -0.25) is 19.5 Å². The van der Waals surface area contributed by atoms with Gasteiger partial charge in [0, 0.05) is 45.6 Å². The van der Waals surface area contributed by atoms with Gasteiger partial charge in [0.2, 0.25) is 5.91 Å². The summed E-state index contributed by atoms with van der Waals surface area (Å²) in [7, 11) is 1.61. The molecule has 2 heterocycles. The molecule has 1 aromatic heterocycles. The van der Waals surface area contributed by atoms with E-state index in [0.29, 0.717) is 18.7 Å². The minimum absolute atomic E-state index is 0.133. The number of carbonyl (C=O) groups excluding carboxylic acids is 2. The van der Waals surface area contributed by atoms with Crippen LogP contribution in [0.15, 0.2) is 54.9 Å². The van der Waals surface area contributed by atoms with Gasteiger partial charge in [-0.05, 0) is 24.1 Å². The smallest absolute Gasteiger partial charge is 0.256 e. The monoisotopic (exact) mass is 352 g/mol. The number of nitrogens with zero attached hydrogens (tertiary/aromatic N) is 3. The molecule has 2 amide bonds. The molecule has 0 spiro atoms. The van der Waals surface area contributed by atoms with Gasteiger partial charge in [-0.2, -0.15) is 0 Å². The molecule has 3 rings (SSSR count). The number of aromatic nitrogens is 1. The van der Waals surface area contributed by atoms with Gasteiger partial charge in [-0.15, -0.1) is 0 Å². The molecule has 1 aromatic carbocycles. The summed E-state index contributed by atoms with van der Waals surface area (Å²) in [6.45, 7) is 2.69. The molecular formula is C20H24N4O2. The Morgan fingerprint density at radius 3 is 2.65 bits per heavy atom. The molecule has 1 unspecified atom stereocenters. The number of piperazine rings is 1. The van der Waals surface area contributed by atoms with Crippen LogP contribution in [0.25, 0.3) is 0 Å². The minimum atomic E-state index is -0.489. The topological polar surface area (TPSA) is 65.5 Å². The van der Waals surface area contributed by atoms with E-state index in [4.69, 9.17) is 0 Å². The van der Waals surface area contributed by atoms with Crippen molar-refractivity contribution < 1.29 is 9.59 Å². The van der Waals surface area contributed by atoms with Crippen LogP contribution in [0.4, 0.5) is 0 Å². The first-order valence-corrected chi connectivity index (χ1v) is 8.88. The van der Waals surface area contributed by atoms with Gasteiger partial charge in [-0.25, -0.2) is 0 Å². The standard InChI is InChI=1S/C20H24N4O2/c1-21-19(25)18-15-23(11-9-16-6-3-2-4-7-16)12-13-24(18)20(26)17-8-5-10-22-14-17/h2-8,10,14,18H,9,11-13,15H2,1H3,(H,21,25). The zero-order valence-corrected chi connectivity index (χ0v) is 15.0. The number of amides is 2. The Kier molecular flexibility index (Phi) is 5.96. The van der Waals surface area contributed by atoms with Gasteiger partial charge < -0.3 is 10.2 Å². The molecule has 1 aliphatic heterocycles. The van der Waals surface area contributed by atoms with Crippen molar-refractivity contribution in [3.8, 4) is 0 Å². The maximum absolute atomic E-state index is 12.8. The van der Waals surface area contributed by atoms with E-state index in [0.717, 1.165) is 19.5 Å². The average molecular weight is 352 g/mol. The van der Waals surface area contributed by atoms with Crippen LogP contribution in [0.2, 0.25) is 0 Å². The number of pyridine rings is 1. The second-order valence-corrected chi connectivity index (χ2v) is 6.41. The summed E-state index contributed by atoms with van der Waals surface area (Å²) >= 11 is 0. The van der Waals surface area contributed by atoms with Crippen LogP contribution < -0.4 is 5.32 Å². The Labute approximate surface area is 153 Å². The predicted molar refractivity (Wildman–Crippen MR) is 99.7 cm³/mol. The van der Waals surface area contributed by atoms with Crippen molar-refractivity contribution in [1.82, 2.24) is 20.1 Å². The van der Waals surface area contributed by atoms with Crippen molar-refractivity contribution in [2.45, 2.75) is 12.5 Å². The Balaban J connectivity index is 1.67. The summed E-state index contributed by atoms with van der Waals surface area (Å²) in [5, 5.41) is 2.69. The van der Waals surface area contributed by atoms with Gasteiger partial charge in [0.15, 0.2) is 0 Å². The first-order chi connectivity index (χ1) is 12.7. The Hall–Kier alpha value is -2.73. The normalized spacial score (nSPS) is 17.7. The molecular weight excluding hydrogens is 328 g/mol. The molecule has 1 atom stereocenters. The highest BCUT2D eigenvalue weighted by molar-refractivity contribution is 5.97. The lowest BCUT2D eigenvalue weighted by molar-refractivity contribution is -0.127. The number of benzene rings is 1. The molecule has 0 aliphatic carbocycles. The van der Waals surface area contributed by atoms with Crippen LogP contribution in [0.5, 0.6) is 0 Å². The lowest BCUT2D eigenvalue weighted by atomic mass is 10.1. The molecule has 6 heteroatoms. The molecule has 6 nitrogen and oxygen atoms in total. The van der Waals surface area contributed by atoms with Crippen molar-refractivity contribution in [2.75, 3.05) is 33.2 Å². The van der Waals surface area contributed by atoms with Crippen LogP contribution >= 0.6 is 0 Å². The lowest BCUT2D eigenvalue weighted by Gasteiger charge is -2.40. The third-order valence-electron chi connectivity index (χ3n) is 4.74. The molecule has 136 valence electrons. The van der Waals surface area contributed by atoms with E-state index in [1.807, 2.05) is 18.2 Å². The minimum Gasteiger partial charge on any atom is -0.357 e. The van der Waals surface area contributed by atoms with E-state index in [1.54, 1.807) is 36.5 Å². The van der Waals surface area contributed by atoms with Crippen LogP contribution in [0, 0.1) is 0 Å². The molecule has 0 radical (unpaired) electrons. The van der Waals surface area contributed by atoms with Crippen LogP contribution in [0.1, 0.15) is 15.9 Å². The SMILES string of the molecule is CNC(=O)C1CN(CCc2ccccc2)CCN1C(=O)c1cccnc1. The van der Waals surface area contributed by atoms with E-state index in [-0.39, 0.29) is 11.8 Å². The summed E-state index contributed by atoms with van der Waals surface area (Å²) in [6, 6.07) is 13.3. The molecule has 0 bridgehead atoms. The highest BCUT2D eigenvalue weighted by Gasteiger charge is 2.35. The van der Waals surface area contributed by atoms with Gasteiger partial charge in [0.05, 0.1) is 5.56 Å². The van der Waals surface area contributed by atoms with Crippen LogP contribution in [0.3, 0.4) is 0 Å². The second kappa shape index (κ2) is 8.58. The van der Waals surface area contributed by atoms with Crippen molar-refractivity contribution in [3.63, 3.8) is 0 Å². The quantitative estimate of drug-likeness (QED) is 0.878. The lowest BCUT2D eigenvalue weighted by Crippen LogP contribution is -2.60. The summed E-state index contributed by atoms with van der Waals surface area (Å²) in [5.74, 6) is -0.277. The fourth-order valence-electron chi connectivity index (χ4n) is 3.26. The van der Waals surface area contributed by atoms with E-state index >= 15 is 0 Å². The third-order valence-corrected chi connectivity index (χ3v) is 4.74. The van der Waals surface area contributed by atoms with E-state index in [9.17, 15) is 9.59 Å². The molecule has 1 fully saturated rings. The van der Waals surface area contributed by atoms with E-state index in [1.165, 1.54) is 5.56 Å². The number of hydrogen-bond acceptors (Lipinski definition) is 4. The van der Waals surface area contributed by atoms with Gasteiger partial charge in [0.1, 0.15) is 6.04 Å². The Bertz CT molecular complexity index is 736. The van der Waals surface area contributed by atoms with Crippen molar-refractivity contribution >= 4 is 11.8 Å². The van der Waals surface area contributed by atoms with Crippen LogP contribution in [-0.4, -0.2) is 65.9 Å². The Morgan fingerprint density at radius 1 is 1.15 bits per heavy atom. The molecule has 1 saturated heterocycles. The second-order valence-electron chi connectivity index (χ2n) is 6.41. The van der Waals surface area contributed by atoms with Gasteiger partial charge in [0.25, 0.3) is 5.91 Å². The summed E-state index contributed by atoms with van der Waals surface area (Å²) in [5.41, 5.74) is 1.79. The van der Waals surface area contributed by atoms with E-state index < -0.39 is 6.04 Å². The number of likely N-dealkylation sites (N-methyl/N-ethyl adjacent to an activating group) is 1. The number of rotatable bonds is 5. The largest absolute Gasteiger partial charge is 0.357 e. The molecule has 0 saturated carbocycles. The summed E-state index contributed by atoms with van der Waals surface area (Å²) in [4.78, 5) is 33.1. The first kappa shape index (κ1) is 18.1. The van der Waals surface area contributed by atoms with Crippen molar-refractivity contribution in [2.24, 2.45) is 0 Å². The number of carbonyl (C=O) groups is 2. The van der Waals surface area contributed by atoms with E-state index in [2.05, 4.69) is 27.3 Å². The number of hydrogen-bond donors (Lipinski definition) is 1. The first-order valence-electron chi connectivity index (χ1n) is 8.88. The van der Waals surface area contributed by atoms with Gasteiger partial charge >= 0.3 is 0 Å². The van der Waals surface area contributed by atoms with Crippen molar-refractivity contribution in [3.05, 3.63) is 66.0 Å². The summed E-state index contributed by atoms with van der Waals surface area (Å²) < 4.78 is 0. The zero-order valence-electron chi connectivity index (χ0n) is 15.0. The number of nitrogens with one attached hydrogen (secondary N) is 1. The fraction of sp³-hybridized carbons (Fsp3) is 0.350. The molecule has 26 heavy (non-hydrogen) atoms. The maximum Gasteiger partial charge on any atom is 0.256 e. The van der Waals surface area contributed by atoms with Gasteiger partial charge in [-0.1, -0.05) is 30.3 Å². The molecule has 1 N–H and O–H groups in total. The highest BCUT2D eigenvalue weighted by Crippen LogP contribution is 2.15. The molecule has 2 aromatic rings. The molecule has 1 aliphatic rings. The zero-order chi connectivity index (χ0) is 18.4. The highest BCUT2D eigenvalue weighted by atomic mass is 16.2. The predicted octanol–water partition coefficient (Wildman–Crippen LogP) is 1.20. The summed E-state index contributed by atoms with van der Waals surface area (Å²) in [6.07, 6.45) is 4.11. The third kappa shape index (κ3) is 4.26. The fourth-order valence-corrected chi connectivity index (χ4v) is 3.26. The average Bonchev–Trinajstić information content (AvgIpc) is 2.72. The Morgan fingerprint density at radius 2 is 1.96 bits per heavy atom. The van der Waals surface area contributed by atoms with Crippen LogP contribution in [-0.2, 0) is 11.2 Å². The van der Waals surface area contributed by atoms with Crippen molar-refractivity contribution in [1.29, 1.82) is 0 Å².